The molecule has 0 amide bonds. The van der Waals surface area contributed by atoms with Crippen LogP contribution in [0.3, 0.4) is 0 Å². The lowest BCUT2D eigenvalue weighted by molar-refractivity contribution is 0.0259. The van der Waals surface area contributed by atoms with E-state index in [9.17, 15) is 4.79 Å². The summed E-state index contributed by atoms with van der Waals surface area (Å²) in [5.74, 6) is -0.550. The molecule has 0 aromatic heterocycles. The number of carboxylic acid groups (broad SMARTS) is 1. The van der Waals surface area contributed by atoms with Crippen LogP contribution < -0.4 is 4.74 Å². The van der Waals surface area contributed by atoms with E-state index in [-0.39, 0.29) is 17.8 Å². The Kier molecular flexibility index (Phi) is 3.87. The number of aryl methyl sites for hydroxylation is 1. The number of benzene rings is 1. The van der Waals surface area contributed by atoms with Crippen molar-refractivity contribution in [2.45, 2.75) is 38.9 Å². The molecule has 4 heteroatoms. The van der Waals surface area contributed by atoms with Gasteiger partial charge in [0.05, 0.1) is 12.2 Å². The maximum Gasteiger partial charge on any atom is 0.339 e. The third-order valence-corrected chi connectivity index (χ3v) is 3.11. The standard InChI is InChI=1S/C14H18O4/c1-9-3-6-13(12(7-9)14(15)16)17-8-11-5-4-10(2)18-11/h3,6-7,10-11H,4-5,8H2,1-2H3,(H,15,16). The van der Waals surface area contributed by atoms with E-state index in [4.69, 9.17) is 14.6 Å². The van der Waals surface area contributed by atoms with E-state index < -0.39 is 5.97 Å². The van der Waals surface area contributed by atoms with Gasteiger partial charge in [-0.2, -0.15) is 0 Å². The van der Waals surface area contributed by atoms with Crippen LogP contribution in [0.5, 0.6) is 5.75 Å². The summed E-state index contributed by atoms with van der Waals surface area (Å²) < 4.78 is 11.2. The molecular formula is C14H18O4. The lowest BCUT2D eigenvalue weighted by Gasteiger charge is -2.14. The average molecular weight is 250 g/mol. The van der Waals surface area contributed by atoms with Gasteiger partial charge in [-0.25, -0.2) is 4.79 Å². The second-order valence-corrected chi connectivity index (χ2v) is 4.76. The summed E-state index contributed by atoms with van der Waals surface area (Å²) in [4.78, 5) is 11.1. The molecule has 1 aromatic carbocycles. The number of hydrogen-bond donors (Lipinski definition) is 1. The number of carbonyl (C=O) groups is 1. The zero-order valence-electron chi connectivity index (χ0n) is 10.7. The molecule has 1 saturated heterocycles. The van der Waals surface area contributed by atoms with E-state index in [1.165, 1.54) is 0 Å². The molecule has 0 bridgehead atoms. The fourth-order valence-corrected chi connectivity index (χ4v) is 2.13. The zero-order chi connectivity index (χ0) is 13.1. The summed E-state index contributed by atoms with van der Waals surface area (Å²) in [6, 6.07) is 5.17. The number of carboxylic acids is 1. The smallest absolute Gasteiger partial charge is 0.339 e. The van der Waals surface area contributed by atoms with Gasteiger partial charge in [-0.1, -0.05) is 11.6 Å². The molecule has 98 valence electrons. The van der Waals surface area contributed by atoms with Gasteiger partial charge in [-0.05, 0) is 38.8 Å². The van der Waals surface area contributed by atoms with Gasteiger partial charge < -0.3 is 14.6 Å². The third kappa shape index (κ3) is 3.01. The number of ether oxygens (including phenoxy) is 2. The van der Waals surface area contributed by atoms with E-state index in [2.05, 4.69) is 0 Å². The van der Waals surface area contributed by atoms with E-state index in [1.807, 2.05) is 19.9 Å². The highest BCUT2D eigenvalue weighted by Crippen LogP contribution is 2.23. The zero-order valence-corrected chi connectivity index (χ0v) is 10.7. The van der Waals surface area contributed by atoms with Crippen LogP contribution in [0.25, 0.3) is 0 Å². The molecule has 1 fully saturated rings. The van der Waals surface area contributed by atoms with Crippen molar-refractivity contribution >= 4 is 5.97 Å². The normalized spacial score (nSPS) is 23.0. The van der Waals surface area contributed by atoms with Crippen molar-refractivity contribution in [1.29, 1.82) is 0 Å². The number of hydrogen-bond acceptors (Lipinski definition) is 3. The van der Waals surface area contributed by atoms with Crippen LogP contribution in [0.15, 0.2) is 18.2 Å². The van der Waals surface area contributed by atoms with Gasteiger partial charge in [0.2, 0.25) is 0 Å². The molecule has 18 heavy (non-hydrogen) atoms. The van der Waals surface area contributed by atoms with Crippen molar-refractivity contribution < 1.29 is 19.4 Å². The maximum atomic E-state index is 11.1. The first-order chi connectivity index (χ1) is 8.56. The lowest BCUT2D eigenvalue weighted by atomic mass is 10.1. The minimum Gasteiger partial charge on any atom is -0.490 e. The van der Waals surface area contributed by atoms with Crippen molar-refractivity contribution in [2.75, 3.05) is 6.61 Å². The van der Waals surface area contributed by atoms with Crippen molar-refractivity contribution in [3.8, 4) is 5.75 Å². The summed E-state index contributed by atoms with van der Waals surface area (Å²) >= 11 is 0. The highest BCUT2D eigenvalue weighted by atomic mass is 16.5. The fourth-order valence-electron chi connectivity index (χ4n) is 2.13. The maximum absolute atomic E-state index is 11.1. The fraction of sp³-hybridized carbons (Fsp3) is 0.500. The van der Waals surface area contributed by atoms with Gasteiger partial charge in [-0.15, -0.1) is 0 Å². The van der Waals surface area contributed by atoms with Gasteiger partial charge in [-0.3, -0.25) is 0 Å². The van der Waals surface area contributed by atoms with Gasteiger partial charge in [0.15, 0.2) is 0 Å². The summed E-state index contributed by atoms with van der Waals surface area (Å²) in [5.41, 5.74) is 1.12. The highest BCUT2D eigenvalue weighted by molar-refractivity contribution is 5.91. The molecule has 1 heterocycles. The lowest BCUT2D eigenvalue weighted by Crippen LogP contribution is -2.18. The molecule has 0 spiro atoms. The molecule has 1 aliphatic heterocycles. The molecule has 2 rings (SSSR count). The molecule has 0 aliphatic carbocycles. The Labute approximate surface area is 107 Å². The van der Waals surface area contributed by atoms with Gasteiger partial charge >= 0.3 is 5.97 Å². The van der Waals surface area contributed by atoms with Crippen molar-refractivity contribution in [3.05, 3.63) is 29.3 Å². The van der Waals surface area contributed by atoms with Crippen molar-refractivity contribution in [1.82, 2.24) is 0 Å². The quantitative estimate of drug-likeness (QED) is 0.892. The van der Waals surface area contributed by atoms with Gasteiger partial charge in [0.25, 0.3) is 0 Å². The Morgan fingerprint density at radius 1 is 1.50 bits per heavy atom. The molecular weight excluding hydrogens is 232 g/mol. The van der Waals surface area contributed by atoms with Crippen LogP contribution in [-0.4, -0.2) is 29.9 Å². The highest BCUT2D eigenvalue weighted by Gasteiger charge is 2.23. The topological polar surface area (TPSA) is 55.8 Å². The van der Waals surface area contributed by atoms with Crippen molar-refractivity contribution in [2.24, 2.45) is 0 Å². The molecule has 1 aromatic rings. The molecule has 1 N–H and O–H groups in total. The minimum atomic E-state index is -0.964. The van der Waals surface area contributed by atoms with Crippen LogP contribution in [0, 0.1) is 6.92 Å². The average Bonchev–Trinajstić information content (AvgIpc) is 2.73. The summed E-state index contributed by atoms with van der Waals surface area (Å²) in [5, 5.41) is 9.11. The first kappa shape index (κ1) is 12.9. The molecule has 0 radical (unpaired) electrons. The predicted octanol–water partition coefficient (Wildman–Crippen LogP) is 2.64. The monoisotopic (exact) mass is 250 g/mol. The van der Waals surface area contributed by atoms with E-state index in [0.29, 0.717) is 12.4 Å². The second kappa shape index (κ2) is 5.40. The van der Waals surface area contributed by atoms with Gasteiger partial charge in [0.1, 0.15) is 17.9 Å². The Hall–Kier alpha value is -1.55. The van der Waals surface area contributed by atoms with Crippen LogP contribution in [0.2, 0.25) is 0 Å². The Morgan fingerprint density at radius 3 is 2.89 bits per heavy atom. The Morgan fingerprint density at radius 2 is 2.28 bits per heavy atom. The summed E-state index contributed by atoms with van der Waals surface area (Å²) in [7, 11) is 0. The molecule has 1 aliphatic rings. The molecule has 2 unspecified atom stereocenters. The first-order valence-electron chi connectivity index (χ1n) is 6.18. The summed E-state index contributed by atoms with van der Waals surface area (Å²) in [6.45, 7) is 4.31. The second-order valence-electron chi connectivity index (χ2n) is 4.76. The van der Waals surface area contributed by atoms with Crippen molar-refractivity contribution in [3.63, 3.8) is 0 Å². The van der Waals surface area contributed by atoms with E-state index in [1.54, 1.807) is 12.1 Å². The largest absolute Gasteiger partial charge is 0.490 e. The van der Waals surface area contributed by atoms with Crippen LogP contribution >= 0.6 is 0 Å². The molecule has 4 nitrogen and oxygen atoms in total. The SMILES string of the molecule is Cc1ccc(OCC2CCC(C)O2)c(C(=O)O)c1. The minimum absolute atomic E-state index is 0.0722. The molecule has 0 saturated carbocycles. The Bertz CT molecular complexity index is 441. The number of aromatic carboxylic acids is 1. The predicted molar refractivity (Wildman–Crippen MR) is 67.2 cm³/mol. The number of rotatable bonds is 4. The van der Waals surface area contributed by atoms with Gasteiger partial charge in [0, 0.05) is 0 Å². The first-order valence-corrected chi connectivity index (χ1v) is 6.18. The van der Waals surface area contributed by atoms with E-state index in [0.717, 1.165) is 18.4 Å². The van der Waals surface area contributed by atoms with E-state index >= 15 is 0 Å². The summed E-state index contributed by atoms with van der Waals surface area (Å²) in [6.07, 6.45) is 2.35. The Balaban J connectivity index is 2.02. The van der Waals surface area contributed by atoms with Crippen LogP contribution in [-0.2, 0) is 4.74 Å². The third-order valence-electron chi connectivity index (χ3n) is 3.11. The van der Waals surface area contributed by atoms with Crippen LogP contribution in [0.1, 0.15) is 35.7 Å². The van der Waals surface area contributed by atoms with Crippen LogP contribution in [0.4, 0.5) is 0 Å². The molecule has 2 atom stereocenters.